The number of aromatic nitrogens is 2. The molecule has 1 aromatic rings. The summed E-state index contributed by atoms with van der Waals surface area (Å²) in [6, 6.07) is 0. The van der Waals surface area contributed by atoms with Crippen LogP contribution < -0.4 is 5.56 Å². The zero-order valence-electron chi connectivity index (χ0n) is 10.8. The molecule has 5 heteroatoms. The van der Waals surface area contributed by atoms with Gasteiger partial charge in [-0.2, -0.15) is 4.98 Å². The average Bonchev–Trinajstić information content (AvgIpc) is 2.24. The maximum absolute atomic E-state index is 11.8. The third-order valence-electron chi connectivity index (χ3n) is 2.57. The van der Waals surface area contributed by atoms with Crippen molar-refractivity contribution in [3.05, 3.63) is 21.7 Å². The van der Waals surface area contributed by atoms with Crippen molar-refractivity contribution in [2.45, 2.75) is 46.1 Å². The van der Waals surface area contributed by atoms with Gasteiger partial charge in [0.2, 0.25) is 5.88 Å². The monoisotopic (exact) mass is 240 g/mol. The molecule has 17 heavy (non-hydrogen) atoms. The molecule has 0 aliphatic carbocycles. The van der Waals surface area contributed by atoms with Crippen molar-refractivity contribution in [3.8, 4) is 5.88 Å². The Hall–Kier alpha value is -1.36. The van der Waals surface area contributed by atoms with Crippen molar-refractivity contribution < 1.29 is 9.84 Å². The minimum atomic E-state index is -0.291. The number of aromatic amines is 1. The highest BCUT2D eigenvalue weighted by atomic mass is 16.5. The molecule has 96 valence electrons. The fourth-order valence-electron chi connectivity index (χ4n) is 1.75. The Morgan fingerprint density at radius 2 is 2.06 bits per heavy atom. The molecule has 0 saturated carbocycles. The molecule has 1 atom stereocenters. The molecule has 0 amide bonds. The highest BCUT2D eigenvalue weighted by Crippen LogP contribution is 2.22. The first-order chi connectivity index (χ1) is 8.01. The first-order valence-corrected chi connectivity index (χ1v) is 5.95. The Morgan fingerprint density at radius 1 is 1.41 bits per heavy atom. The molecule has 2 N–H and O–H groups in total. The quantitative estimate of drug-likeness (QED) is 0.826. The lowest BCUT2D eigenvalue weighted by Crippen LogP contribution is -2.20. The molecule has 1 heterocycles. The molecule has 0 aromatic carbocycles. The second kappa shape index (κ2) is 5.82. The Bertz CT molecular complexity index is 426. The average molecular weight is 240 g/mol. The number of nitrogens with zero attached hydrogens (tertiary/aromatic N) is 1. The van der Waals surface area contributed by atoms with E-state index in [0.717, 1.165) is 0 Å². The third-order valence-corrected chi connectivity index (χ3v) is 2.57. The molecular weight excluding hydrogens is 220 g/mol. The minimum Gasteiger partial charge on any atom is -0.493 e. The molecule has 0 radical (unpaired) electrons. The Labute approximate surface area is 101 Å². The largest absolute Gasteiger partial charge is 0.493 e. The second-order valence-electron chi connectivity index (χ2n) is 4.20. The predicted molar refractivity (Wildman–Crippen MR) is 65.3 cm³/mol. The normalized spacial score (nSPS) is 13.0. The van der Waals surface area contributed by atoms with Gasteiger partial charge in [0, 0.05) is 6.61 Å². The van der Waals surface area contributed by atoms with Gasteiger partial charge in [-0.25, -0.2) is 0 Å². The van der Waals surface area contributed by atoms with Gasteiger partial charge >= 0.3 is 0 Å². The van der Waals surface area contributed by atoms with Crippen LogP contribution in [0.1, 0.15) is 57.5 Å². The summed E-state index contributed by atoms with van der Waals surface area (Å²) < 4.78 is 5.44. The number of aromatic hydroxyl groups is 1. The van der Waals surface area contributed by atoms with E-state index in [1.165, 1.54) is 0 Å². The van der Waals surface area contributed by atoms with Crippen LogP contribution in [0.2, 0.25) is 0 Å². The van der Waals surface area contributed by atoms with E-state index in [4.69, 9.17) is 4.74 Å². The maximum atomic E-state index is 11.8. The van der Waals surface area contributed by atoms with Gasteiger partial charge in [0.15, 0.2) is 0 Å². The van der Waals surface area contributed by atoms with E-state index in [2.05, 4.69) is 9.97 Å². The molecule has 0 spiro atoms. The summed E-state index contributed by atoms with van der Waals surface area (Å²) in [5.74, 6) is 0.130. The lowest BCUT2D eigenvalue weighted by atomic mass is 10.1. The summed E-state index contributed by atoms with van der Waals surface area (Å²) in [6.07, 6.45) is 0.414. The summed E-state index contributed by atoms with van der Waals surface area (Å²) >= 11 is 0. The van der Waals surface area contributed by atoms with Gasteiger partial charge in [-0.05, 0) is 19.3 Å². The smallest absolute Gasteiger partial charge is 0.258 e. The summed E-state index contributed by atoms with van der Waals surface area (Å²) in [6.45, 7) is 8.03. The van der Waals surface area contributed by atoms with E-state index in [1.807, 2.05) is 27.7 Å². The molecule has 1 aromatic heterocycles. The number of hydrogen-bond donors (Lipinski definition) is 2. The first kappa shape index (κ1) is 13.7. The van der Waals surface area contributed by atoms with Crippen LogP contribution in [0.15, 0.2) is 4.79 Å². The van der Waals surface area contributed by atoms with E-state index < -0.39 is 0 Å². The van der Waals surface area contributed by atoms with Gasteiger partial charge in [0.25, 0.3) is 5.56 Å². The zero-order valence-corrected chi connectivity index (χ0v) is 10.8. The SMILES string of the molecule is CCOC(CC)c1nc(O)c(C(C)C)c(=O)[nH]1. The maximum Gasteiger partial charge on any atom is 0.258 e. The van der Waals surface area contributed by atoms with E-state index in [9.17, 15) is 9.90 Å². The van der Waals surface area contributed by atoms with Gasteiger partial charge in [-0.1, -0.05) is 20.8 Å². The van der Waals surface area contributed by atoms with E-state index >= 15 is 0 Å². The molecular formula is C12H20N2O3. The van der Waals surface area contributed by atoms with Crippen LogP contribution in [-0.2, 0) is 4.74 Å². The number of ether oxygens (including phenoxy) is 1. The zero-order chi connectivity index (χ0) is 13.0. The minimum absolute atomic E-state index is 0.0625. The summed E-state index contributed by atoms with van der Waals surface area (Å²) in [4.78, 5) is 18.5. The molecule has 0 bridgehead atoms. The Kier molecular flexibility index (Phi) is 4.69. The third kappa shape index (κ3) is 3.06. The van der Waals surface area contributed by atoms with Crippen LogP contribution in [0, 0.1) is 0 Å². The fraction of sp³-hybridized carbons (Fsp3) is 0.667. The van der Waals surface area contributed by atoms with Crippen molar-refractivity contribution in [1.29, 1.82) is 0 Å². The standard InChI is InChI=1S/C12H20N2O3/c1-5-8(17-6-2)10-13-11(15)9(7(3)4)12(16)14-10/h7-8H,5-6H2,1-4H3,(H2,13,14,15,16). The van der Waals surface area contributed by atoms with Crippen molar-refractivity contribution in [1.82, 2.24) is 9.97 Å². The van der Waals surface area contributed by atoms with Crippen molar-refractivity contribution in [2.75, 3.05) is 6.61 Å². The highest BCUT2D eigenvalue weighted by molar-refractivity contribution is 5.25. The van der Waals surface area contributed by atoms with E-state index in [0.29, 0.717) is 24.4 Å². The van der Waals surface area contributed by atoms with Gasteiger partial charge in [0.05, 0.1) is 5.56 Å². The highest BCUT2D eigenvalue weighted by Gasteiger charge is 2.18. The lowest BCUT2D eigenvalue weighted by Gasteiger charge is -2.15. The number of nitrogens with one attached hydrogen (secondary N) is 1. The van der Waals surface area contributed by atoms with Crippen molar-refractivity contribution >= 4 is 0 Å². The van der Waals surface area contributed by atoms with Crippen LogP contribution in [0.3, 0.4) is 0 Å². The fourth-order valence-corrected chi connectivity index (χ4v) is 1.75. The van der Waals surface area contributed by atoms with E-state index in [1.54, 1.807) is 0 Å². The van der Waals surface area contributed by atoms with Crippen LogP contribution in [-0.4, -0.2) is 21.7 Å². The molecule has 1 unspecified atom stereocenters. The summed E-state index contributed by atoms with van der Waals surface area (Å²) in [5.41, 5.74) is 0.0285. The van der Waals surface area contributed by atoms with Crippen LogP contribution >= 0.6 is 0 Å². The Morgan fingerprint density at radius 3 is 2.47 bits per heavy atom. The first-order valence-electron chi connectivity index (χ1n) is 5.95. The van der Waals surface area contributed by atoms with Gasteiger partial charge in [-0.3, -0.25) is 4.79 Å². The van der Waals surface area contributed by atoms with Crippen molar-refractivity contribution in [2.24, 2.45) is 0 Å². The van der Waals surface area contributed by atoms with Crippen LogP contribution in [0.5, 0.6) is 5.88 Å². The Balaban J connectivity index is 3.17. The van der Waals surface area contributed by atoms with Crippen molar-refractivity contribution in [3.63, 3.8) is 0 Å². The molecule has 1 rings (SSSR count). The summed E-state index contributed by atoms with van der Waals surface area (Å²) in [5, 5.41) is 9.77. The molecule has 0 fully saturated rings. The van der Waals surface area contributed by atoms with Crippen LogP contribution in [0.25, 0.3) is 0 Å². The molecule has 5 nitrogen and oxygen atoms in total. The number of rotatable bonds is 5. The summed E-state index contributed by atoms with van der Waals surface area (Å²) in [7, 11) is 0. The molecule has 0 aliphatic heterocycles. The number of hydrogen-bond acceptors (Lipinski definition) is 4. The van der Waals surface area contributed by atoms with Gasteiger partial charge in [-0.15, -0.1) is 0 Å². The predicted octanol–water partition coefficient (Wildman–Crippen LogP) is 2.09. The molecule has 0 aliphatic rings. The molecule has 0 saturated heterocycles. The van der Waals surface area contributed by atoms with Crippen LogP contribution in [0.4, 0.5) is 0 Å². The topological polar surface area (TPSA) is 75.2 Å². The van der Waals surface area contributed by atoms with Gasteiger partial charge in [0.1, 0.15) is 11.9 Å². The number of H-pyrrole nitrogens is 1. The van der Waals surface area contributed by atoms with E-state index in [-0.39, 0.29) is 23.5 Å². The lowest BCUT2D eigenvalue weighted by molar-refractivity contribution is 0.0527. The van der Waals surface area contributed by atoms with Gasteiger partial charge < -0.3 is 14.8 Å². The second-order valence-corrected chi connectivity index (χ2v) is 4.20.